The molecule has 4 heteroatoms. The lowest BCUT2D eigenvalue weighted by molar-refractivity contribution is 0.587. The van der Waals surface area contributed by atoms with Gasteiger partial charge in [0.1, 0.15) is 0 Å². The molecule has 0 heterocycles. The van der Waals surface area contributed by atoms with Crippen LogP contribution in [-0.4, -0.2) is 25.1 Å². The Kier molecular flexibility index (Phi) is 11.4. The van der Waals surface area contributed by atoms with Crippen LogP contribution >= 0.6 is 24.0 Å². The van der Waals surface area contributed by atoms with E-state index in [4.69, 9.17) is 0 Å². The van der Waals surface area contributed by atoms with Gasteiger partial charge in [0.05, 0.1) is 0 Å². The van der Waals surface area contributed by atoms with E-state index in [2.05, 4.69) is 73.7 Å². The minimum absolute atomic E-state index is 0. The molecule has 0 radical (unpaired) electrons. The third kappa shape index (κ3) is 9.72. The first-order valence-corrected chi connectivity index (χ1v) is 7.70. The van der Waals surface area contributed by atoms with E-state index >= 15 is 0 Å². The monoisotopic (exact) mass is 403 g/mol. The molecule has 0 fully saturated rings. The average molecular weight is 403 g/mol. The molecule has 120 valence electrons. The molecular formula is C17H30IN3. The Bertz CT molecular complexity index is 390. The van der Waals surface area contributed by atoms with Crippen molar-refractivity contribution in [3.05, 3.63) is 35.9 Å². The molecule has 0 saturated heterocycles. The predicted octanol–water partition coefficient (Wildman–Crippen LogP) is 3.84. The number of hydrogen-bond acceptors (Lipinski definition) is 1. The Morgan fingerprint density at radius 2 is 1.81 bits per heavy atom. The SMILES string of the molecule is CCNC(=NCC(C)C)NC(C)CCc1ccccc1.I. The van der Waals surface area contributed by atoms with Gasteiger partial charge in [-0.2, -0.15) is 0 Å². The number of hydrogen-bond donors (Lipinski definition) is 2. The highest BCUT2D eigenvalue weighted by atomic mass is 127. The van der Waals surface area contributed by atoms with Crippen molar-refractivity contribution in [3.8, 4) is 0 Å². The van der Waals surface area contributed by atoms with Gasteiger partial charge in [-0.05, 0) is 38.2 Å². The summed E-state index contributed by atoms with van der Waals surface area (Å²) in [4.78, 5) is 4.60. The van der Waals surface area contributed by atoms with Crippen molar-refractivity contribution in [1.29, 1.82) is 0 Å². The summed E-state index contributed by atoms with van der Waals surface area (Å²) in [5.41, 5.74) is 1.39. The van der Waals surface area contributed by atoms with E-state index < -0.39 is 0 Å². The summed E-state index contributed by atoms with van der Waals surface area (Å²) < 4.78 is 0. The van der Waals surface area contributed by atoms with Crippen molar-refractivity contribution in [1.82, 2.24) is 10.6 Å². The Morgan fingerprint density at radius 3 is 2.38 bits per heavy atom. The molecule has 1 unspecified atom stereocenters. The van der Waals surface area contributed by atoms with Gasteiger partial charge >= 0.3 is 0 Å². The van der Waals surface area contributed by atoms with Crippen LogP contribution in [0.1, 0.15) is 39.7 Å². The zero-order valence-electron chi connectivity index (χ0n) is 13.7. The second kappa shape index (κ2) is 11.8. The average Bonchev–Trinajstić information content (AvgIpc) is 2.44. The van der Waals surface area contributed by atoms with Crippen molar-refractivity contribution < 1.29 is 0 Å². The molecule has 0 aliphatic carbocycles. The van der Waals surface area contributed by atoms with E-state index in [0.29, 0.717) is 12.0 Å². The summed E-state index contributed by atoms with van der Waals surface area (Å²) in [7, 11) is 0. The van der Waals surface area contributed by atoms with Crippen LogP contribution in [0.3, 0.4) is 0 Å². The number of rotatable bonds is 7. The summed E-state index contributed by atoms with van der Waals surface area (Å²) in [5.74, 6) is 1.52. The number of guanidine groups is 1. The van der Waals surface area contributed by atoms with E-state index in [1.165, 1.54) is 5.56 Å². The fourth-order valence-corrected chi connectivity index (χ4v) is 1.93. The summed E-state index contributed by atoms with van der Waals surface area (Å²) in [6.45, 7) is 10.4. The molecule has 0 aliphatic heterocycles. The highest BCUT2D eigenvalue weighted by molar-refractivity contribution is 14.0. The first-order valence-electron chi connectivity index (χ1n) is 7.70. The fourth-order valence-electron chi connectivity index (χ4n) is 1.93. The van der Waals surface area contributed by atoms with Gasteiger partial charge in [0, 0.05) is 19.1 Å². The van der Waals surface area contributed by atoms with Gasteiger partial charge in [0.25, 0.3) is 0 Å². The number of nitrogens with zero attached hydrogens (tertiary/aromatic N) is 1. The second-order valence-electron chi connectivity index (χ2n) is 5.68. The summed E-state index contributed by atoms with van der Waals surface area (Å²) in [5, 5.41) is 6.79. The lowest BCUT2D eigenvalue weighted by Gasteiger charge is -2.18. The van der Waals surface area contributed by atoms with Crippen LogP contribution in [0.4, 0.5) is 0 Å². The molecule has 1 atom stereocenters. The van der Waals surface area contributed by atoms with Crippen LogP contribution in [0.2, 0.25) is 0 Å². The van der Waals surface area contributed by atoms with Crippen molar-refractivity contribution in [2.24, 2.45) is 10.9 Å². The van der Waals surface area contributed by atoms with Gasteiger partial charge in [-0.1, -0.05) is 44.2 Å². The molecule has 3 nitrogen and oxygen atoms in total. The Balaban J connectivity index is 0.00000400. The normalized spacial score (nSPS) is 12.7. The molecule has 0 bridgehead atoms. The van der Waals surface area contributed by atoms with Crippen molar-refractivity contribution in [2.75, 3.05) is 13.1 Å². The maximum atomic E-state index is 4.60. The van der Waals surface area contributed by atoms with Gasteiger partial charge in [-0.15, -0.1) is 24.0 Å². The van der Waals surface area contributed by atoms with Gasteiger partial charge in [0.2, 0.25) is 0 Å². The van der Waals surface area contributed by atoms with E-state index in [1.807, 2.05) is 0 Å². The van der Waals surface area contributed by atoms with E-state index in [0.717, 1.165) is 31.9 Å². The topological polar surface area (TPSA) is 36.4 Å². The minimum atomic E-state index is 0. The molecule has 0 amide bonds. The van der Waals surface area contributed by atoms with Crippen LogP contribution in [0, 0.1) is 5.92 Å². The predicted molar refractivity (Wildman–Crippen MR) is 104 cm³/mol. The zero-order valence-corrected chi connectivity index (χ0v) is 16.1. The number of nitrogens with one attached hydrogen (secondary N) is 2. The molecule has 0 saturated carbocycles. The number of benzene rings is 1. The second-order valence-corrected chi connectivity index (χ2v) is 5.68. The number of aryl methyl sites for hydroxylation is 1. The van der Waals surface area contributed by atoms with Gasteiger partial charge in [-0.25, -0.2) is 0 Å². The largest absolute Gasteiger partial charge is 0.357 e. The summed E-state index contributed by atoms with van der Waals surface area (Å²) in [6, 6.07) is 11.0. The third-order valence-corrected chi connectivity index (χ3v) is 3.05. The molecule has 2 N–H and O–H groups in total. The molecule has 0 aromatic heterocycles. The zero-order chi connectivity index (χ0) is 14.8. The smallest absolute Gasteiger partial charge is 0.191 e. The molecule has 0 spiro atoms. The Labute approximate surface area is 147 Å². The fraction of sp³-hybridized carbons (Fsp3) is 0.588. The van der Waals surface area contributed by atoms with E-state index in [1.54, 1.807) is 0 Å². The molecular weight excluding hydrogens is 373 g/mol. The molecule has 0 aliphatic rings. The third-order valence-electron chi connectivity index (χ3n) is 3.05. The molecule has 21 heavy (non-hydrogen) atoms. The van der Waals surface area contributed by atoms with Gasteiger partial charge in [-0.3, -0.25) is 4.99 Å². The Morgan fingerprint density at radius 1 is 1.14 bits per heavy atom. The standard InChI is InChI=1S/C17H29N3.HI/c1-5-18-17(19-13-14(2)3)20-15(4)11-12-16-9-7-6-8-10-16;/h6-10,14-15H,5,11-13H2,1-4H3,(H2,18,19,20);1H. The highest BCUT2D eigenvalue weighted by Gasteiger charge is 2.05. The van der Waals surface area contributed by atoms with Crippen molar-refractivity contribution in [2.45, 2.75) is 46.6 Å². The van der Waals surface area contributed by atoms with Crippen molar-refractivity contribution >= 4 is 29.9 Å². The first kappa shape index (κ1) is 20.2. The quantitative estimate of drug-likeness (QED) is 0.412. The van der Waals surface area contributed by atoms with E-state index in [9.17, 15) is 0 Å². The maximum absolute atomic E-state index is 4.60. The number of aliphatic imine (C=N–C) groups is 1. The highest BCUT2D eigenvalue weighted by Crippen LogP contribution is 2.04. The first-order chi connectivity index (χ1) is 9.61. The van der Waals surface area contributed by atoms with Gasteiger partial charge < -0.3 is 10.6 Å². The lowest BCUT2D eigenvalue weighted by atomic mass is 10.1. The Hall–Kier alpha value is -0.780. The molecule has 1 aromatic rings. The van der Waals surface area contributed by atoms with Gasteiger partial charge in [0.15, 0.2) is 5.96 Å². The van der Waals surface area contributed by atoms with Crippen molar-refractivity contribution in [3.63, 3.8) is 0 Å². The summed E-state index contributed by atoms with van der Waals surface area (Å²) in [6.07, 6.45) is 2.20. The summed E-state index contributed by atoms with van der Waals surface area (Å²) >= 11 is 0. The van der Waals surface area contributed by atoms with Crippen LogP contribution in [0.15, 0.2) is 35.3 Å². The minimum Gasteiger partial charge on any atom is -0.357 e. The lowest BCUT2D eigenvalue weighted by Crippen LogP contribution is -2.42. The maximum Gasteiger partial charge on any atom is 0.191 e. The van der Waals surface area contributed by atoms with Crippen LogP contribution in [0.5, 0.6) is 0 Å². The molecule has 1 rings (SSSR count). The van der Waals surface area contributed by atoms with Crippen LogP contribution in [0.25, 0.3) is 0 Å². The number of halogens is 1. The van der Waals surface area contributed by atoms with Crippen LogP contribution < -0.4 is 10.6 Å². The van der Waals surface area contributed by atoms with E-state index in [-0.39, 0.29) is 24.0 Å². The van der Waals surface area contributed by atoms with Crippen LogP contribution in [-0.2, 0) is 6.42 Å². The molecule has 1 aromatic carbocycles.